The molecule has 3 aromatic heterocycles. The summed E-state index contributed by atoms with van der Waals surface area (Å²) in [5.74, 6) is 0. The first kappa shape index (κ1) is 13.8. The van der Waals surface area contributed by atoms with E-state index in [2.05, 4.69) is 35.2 Å². The van der Waals surface area contributed by atoms with Crippen molar-refractivity contribution >= 4 is 5.65 Å². The van der Waals surface area contributed by atoms with Crippen molar-refractivity contribution in [2.45, 2.75) is 39.3 Å². The fourth-order valence-electron chi connectivity index (χ4n) is 2.47. The van der Waals surface area contributed by atoms with Gasteiger partial charge in [0.1, 0.15) is 5.65 Å². The van der Waals surface area contributed by atoms with E-state index < -0.39 is 0 Å². The summed E-state index contributed by atoms with van der Waals surface area (Å²) in [4.78, 5) is 4.64. The SMILES string of the molecule is CCCC(N)c1cn(Cc2cn3cccc(C)c3n2)nn1. The molecule has 0 radical (unpaired) electrons. The second-order valence-corrected chi connectivity index (χ2v) is 5.39. The van der Waals surface area contributed by atoms with Gasteiger partial charge in [-0.1, -0.05) is 24.6 Å². The first-order valence-corrected chi connectivity index (χ1v) is 7.26. The molecule has 1 unspecified atom stereocenters. The van der Waals surface area contributed by atoms with Gasteiger partial charge >= 0.3 is 0 Å². The molecule has 0 aliphatic carbocycles. The molecule has 21 heavy (non-hydrogen) atoms. The molecule has 0 aliphatic rings. The number of aromatic nitrogens is 5. The van der Waals surface area contributed by atoms with Crippen molar-refractivity contribution in [3.63, 3.8) is 0 Å². The Balaban J connectivity index is 1.80. The molecule has 0 aliphatic heterocycles. The number of nitrogens with two attached hydrogens (primary N) is 1. The fraction of sp³-hybridized carbons (Fsp3) is 0.400. The van der Waals surface area contributed by atoms with Crippen molar-refractivity contribution in [3.8, 4) is 0 Å². The predicted molar refractivity (Wildman–Crippen MR) is 80.9 cm³/mol. The third-order valence-corrected chi connectivity index (χ3v) is 3.59. The van der Waals surface area contributed by atoms with E-state index in [0.717, 1.165) is 35.4 Å². The summed E-state index contributed by atoms with van der Waals surface area (Å²) in [6.07, 6.45) is 7.90. The van der Waals surface area contributed by atoms with Gasteiger partial charge in [0.15, 0.2) is 0 Å². The van der Waals surface area contributed by atoms with Crippen LogP contribution < -0.4 is 5.73 Å². The number of nitrogens with zero attached hydrogens (tertiary/aromatic N) is 5. The zero-order valence-electron chi connectivity index (χ0n) is 12.4. The first-order chi connectivity index (χ1) is 10.2. The van der Waals surface area contributed by atoms with Gasteiger partial charge in [-0.05, 0) is 25.0 Å². The average molecular weight is 284 g/mol. The maximum absolute atomic E-state index is 6.06. The Hall–Kier alpha value is -2.21. The van der Waals surface area contributed by atoms with Crippen LogP contribution in [0.3, 0.4) is 0 Å². The van der Waals surface area contributed by atoms with Crippen LogP contribution in [0, 0.1) is 6.92 Å². The Labute approximate surface area is 123 Å². The Kier molecular flexibility index (Phi) is 3.70. The summed E-state index contributed by atoms with van der Waals surface area (Å²) in [6.45, 7) is 4.78. The number of aryl methyl sites for hydroxylation is 1. The molecular weight excluding hydrogens is 264 g/mol. The van der Waals surface area contributed by atoms with Crippen LogP contribution in [-0.2, 0) is 6.54 Å². The van der Waals surface area contributed by atoms with Crippen LogP contribution in [-0.4, -0.2) is 24.4 Å². The molecule has 2 N–H and O–H groups in total. The highest BCUT2D eigenvalue weighted by molar-refractivity contribution is 5.47. The van der Waals surface area contributed by atoms with Gasteiger partial charge in [-0.15, -0.1) is 5.10 Å². The Morgan fingerprint density at radius 1 is 1.33 bits per heavy atom. The van der Waals surface area contributed by atoms with Crippen LogP contribution >= 0.6 is 0 Å². The van der Waals surface area contributed by atoms with Crippen molar-refractivity contribution in [2.75, 3.05) is 0 Å². The lowest BCUT2D eigenvalue weighted by atomic mass is 10.1. The molecule has 0 saturated heterocycles. The van der Waals surface area contributed by atoms with Gasteiger partial charge in [-0.25, -0.2) is 9.67 Å². The highest BCUT2D eigenvalue weighted by Crippen LogP contribution is 2.14. The Morgan fingerprint density at radius 3 is 2.95 bits per heavy atom. The lowest BCUT2D eigenvalue weighted by Crippen LogP contribution is -2.10. The quantitative estimate of drug-likeness (QED) is 0.778. The summed E-state index contributed by atoms with van der Waals surface area (Å²) < 4.78 is 3.83. The molecule has 0 bridgehead atoms. The van der Waals surface area contributed by atoms with E-state index in [4.69, 9.17) is 5.73 Å². The maximum atomic E-state index is 6.06. The standard InChI is InChI=1S/C15H20N6/c1-3-5-13(16)14-10-21(19-18-14)9-12-8-20-7-4-6-11(2)15(20)17-12/h4,6-8,10,13H,3,5,9,16H2,1-2H3. The van der Waals surface area contributed by atoms with E-state index in [0.29, 0.717) is 6.54 Å². The highest BCUT2D eigenvalue weighted by Gasteiger charge is 2.11. The molecule has 110 valence electrons. The molecule has 3 rings (SSSR count). The molecule has 0 amide bonds. The molecule has 6 heteroatoms. The number of imidazole rings is 1. The second-order valence-electron chi connectivity index (χ2n) is 5.39. The molecule has 1 atom stereocenters. The molecule has 0 saturated carbocycles. The summed E-state index contributed by atoms with van der Waals surface area (Å²) in [5, 5.41) is 8.30. The second kappa shape index (κ2) is 5.65. The van der Waals surface area contributed by atoms with Crippen molar-refractivity contribution in [2.24, 2.45) is 5.73 Å². The summed E-state index contributed by atoms with van der Waals surface area (Å²) in [7, 11) is 0. The van der Waals surface area contributed by atoms with Crippen molar-refractivity contribution in [3.05, 3.63) is 47.7 Å². The normalized spacial score (nSPS) is 12.9. The largest absolute Gasteiger partial charge is 0.323 e. The van der Waals surface area contributed by atoms with Gasteiger partial charge in [0.25, 0.3) is 0 Å². The molecule has 6 nitrogen and oxygen atoms in total. The van der Waals surface area contributed by atoms with Crippen molar-refractivity contribution in [1.82, 2.24) is 24.4 Å². The van der Waals surface area contributed by atoms with Crippen LogP contribution in [0.1, 0.15) is 42.8 Å². The zero-order chi connectivity index (χ0) is 14.8. The molecule has 3 aromatic rings. The topological polar surface area (TPSA) is 74.0 Å². The van der Waals surface area contributed by atoms with E-state index in [9.17, 15) is 0 Å². The Morgan fingerprint density at radius 2 is 2.19 bits per heavy atom. The molecule has 0 fully saturated rings. The number of hydrogen-bond donors (Lipinski definition) is 1. The van der Waals surface area contributed by atoms with Crippen LogP contribution in [0.15, 0.2) is 30.7 Å². The van der Waals surface area contributed by atoms with Crippen LogP contribution in [0.2, 0.25) is 0 Å². The van der Waals surface area contributed by atoms with Gasteiger partial charge in [-0.3, -0.25) is 0 Å². The summed E-state index contributed by atoms with van der Waals surface area (Å²) >= 11 is 0. The van der Waals surface area contributed by atoms with Gasteiger partial charge in [-0.2, -0.15) is 0 Å². The van der Waals surface area contributed by atoms with E-state index in [-0.39, 0.29) is 6.04 Å². The van der Waals surface area contributed by atoms with E-state index in [1.165, 1.54) is 0 Å². The minimum atomic E-state index is -0.0351. The predicted octanol–water partition coefficient (Wildman–Crippen LogP) is 2.08. The van der Waals surface area contributed by atoms with Crippen molar-refractivity contribution < 1.29 is 0 Å². The van der Waals surface area contributed by atoms with Gasteiger partial charge in [0, 0.05) is 12.4 Å². The number of fused-ring (bicyclic) bond motifs is 1. The number of hydrogen-bond acceptors (Lipinski definition) is 4. The minimum Gasteiger partial charge on any atom is -0.323 e. The fourth-order valence-corrected chi connectivity index (χ4v) is 2.47. The maximum Gasteiger partial charge on any atom is 0.140 e. The Bertz CT molecular complexity index is 742. The molecular formula is C15H20N6. The number of rotatable bonds is 5. The van der Waals surface area contributed by atoms with Crippen LogP contribution in [0.4, 0.5) is 0 Å². The summed E-state index contributed by atoms with van der Waals surface area (Å²) in [6, 6.07) is 4.04. The highest BCUT2D eigenvalue weighted by atomic mass is 15.4. The van der Waals surface area contributed by atoms with Crippen LogP contribution in [0.5, 0.6) is 0 Å². The van der Waals surface area contributed by atoms with Gasteiger partial charge < -0.3 is 10.1 Å². The number of pyridine rings is 1. The monoisotopic (exact) mass is 284 g/mol. The molecule has 0 aromatic carbocycles. The smallest absolute Gasteiger partial charge is 0.140 e. The average Bonchev–Trinajstić information content (AvgIpc) is 3.07. The van der Waals surface area contributed by atoms with E-state index in [1.807, 2.05) is 29.1 Å². The minimum absolute atomic E-state index is 0.0351. The third-order valence-electron chi connectivity index (χ3n) is 3.59. The first-order valence-electron chi connectivity index (χ1n) is 7.26. The lowest BCUT2D eigenvalue weighted by Gasteiger charge is -2.04. The summed E-state index contributed by atoms with van der Waals surface area (Å²) in [5.41, 5.74) is 10.0. The lowest BCUT2D eigenvalue weighted by molar-refractivity contribution is 0.616. The van der Waals surface area contributed by atoms with Crippen LogP contribution in [0.25, 0.3) is 5.65 Å². The van der Waals surface area contributed by atoms with Crippen molar-refractivity contribution in [1.29, 1.82) is 0 Å². The zero-order valence-corrected chi connectivity index (χ0v) is 12.4. The molecule has 3 heterocycles. The van der Waals surface area contributed by atoms with E-state index >= 15 is 0 Å². The van der Waals surface area contributed by atoms with Gasteiger partial charge in [0.05, 0.1) is 30.2 Å². The third kappa shape index (κ3) is 2.80. The van der Waals surface area contributed by atoms with E-state index in [1.54, 1.807) is 4.68 Å². The molecule has 0 spiro atoms. The van der Waals surface area contributed by atoms with Gasteiger partial charge in [0.2, 0.25) is 0 Å².